The van der Waals surface area contributed by atoms with E-state index in [9.17, 15) is 4.79 Å². The molecule has 4 heteroatoms. The molecule has 1 amide bonds. The normalized spacial score (nSPS) is 10.8. The first-order valence-electron chi connectivity index (χ1n) is 5.53. The second-order valence-electron chi connectivity index (χ2n) is 3.99. The number of fused-ring (bicyclic) bond motifs is 1. The van der Waals surface area contributed by atoms with Crippen LogP contribution in [0.15, 0.2) is 22.6 Å². The van der Waals surface area contributed by atoms with Crippen LogP contribution in [0.25, 0.3) is 11.0 Å². The number of furan rings is 1. The van der Waals surface area contributed by atoms with Crippen molar-refractivity contribution in [1.29, 1.82) is 0 Å². The Balaban J connectivity index is 2.45. The van der Waals surface area contributed by atoms with Gasteiger partial charge in [0.25, 0.3) is 5.91 Å². The Morgan fingerprint density at radius 1 is 1.41 bits per heavy atom. The SMILES string of the molecule is Cc1c(C(=O)NCCO)oc2c(C)cccc12. The smallest absolute Gasteiger partial charge is 0.287 e. The maximum Gasteiger partial charge on any atom is 0.287 e. The minimum absolute atomic E-state index is 0.0793. The van der Waals surface area contributed by atoms with E-state index in [1.54, 1.807) is 0 Å². The van der Waals surface area contributed by atoms with Gasteiger partial charge < -0.3 is 14.8 Å². The van der Waals surface area contributed by atoms with E-state index in [1.807, 2.05) is 32.0 Å². The maximum absolute atomic E-state index is 11.8. The van der Waals surface area contributed by atoms with Gasteiger partial charge in [0.15, 0.2) is 5.76 Å². The largest absolute Gasteiger partial charge is 0.450 e. The van der Waals surface area contributed by atoms with Gasteiger partial charge in [-0.1, -0.05) is 18.2 Å². The van der Waals surface area contributed by atoms with Crippen molar-refractivity contribution in [3.05, 3.63) is 35.1 Å². The molecule has 4 nitrogen and oxygen atoms in total. The first kappa shape index (κ1) is 11.7. The molecule has 0 aliphatic rings. The number of para-hydroxylation sites is 1. The second kappa shape index (κ2) is 4.59. The van der Waals surface area contributed by atoms with Crippen LogP contribution in [-0.2, 0) is 0 Å². The zero-order valence-electron chi connectivity index (χ0n) is 9.91. The zero-order valence-corrected chi connectivity index (χ0v) is 9.91. The molecule has 0 radical (unpaired) electrons. The van der Waals surface area contributed by atoms with Gasteiger partial charge in [0.05, 0.1) is 6.61 Å². The average molecular weight is 233 g/mol. The Hall–Kier alpha value is -1.81. The highest BCUT2D eigenvalue weighted by molar-refractivity contribution is 5.99. The van der Waals surface area contributed by atoms with E-state index in [0.29, 0.717) is 5.76 Å². The lowest BCUT2D eigenvalue weighted by atomic mass is 10.1. The zero-order chi connectivity index (χ0) is 12.4. The Morgan fingerprint density at radius 2 is 2.18 bits per heavy atom. The van der Waals surface area contributed by atoms with Gasteiger partial charge in [0, 0.05) is 17.5 Å². The highest BCUT2D eigenvalue weighted by Gasteiger charge is 2.17. The lowest BCUT2D eigenvalue weighted by molar-refractivity contribution is 0.0918. The lowest BCUT2D eigenvalue weighted by Crippen LogP contribution is -2.26. The Kier molecular flexibility index (Phi) is 3.15. The van der Waals surface area contributed by atoms with E-state index in [2.05, 4.69) is 5.32 Å². The number of rotatable bonds is 3. The summed E-state index contributed by atoms with van der Waals surface area (Å²) in [5.74, 6) is 0.0369. The van der Waals surface area contributed by atoms with Crippen molar-refractivity contribution < 1.29 is 14.3 Å². The molecule has 0 unspecified atom stereocenters. The summed E-state index contributed by atoms with van der Waals surface area (Å²) in [5.41, 5.74) is 2.59. The van der Waals surface area contributed by atoms with Crippen molar-refractivity contribution in [1.82, 2.24) is 5.32 Å². The quantitative estimate of drug-likeness (QED) is 0.849. The number of nitrogens with one attached hydrogen (secondary N) is 1. The van der Waals surface area contributed by atoms with Gasteiger partial charge in [-0.2, -0.15) is 0 Å². The molecule has 1 aromatic carbocycles. The molecule has 90 valence electrons. The molecule has 0 fully saturated rings. The standard InChI is InChI=1S/C13H15NO3/c1-8-4-3-5-10-9(2)12(17-11(8)10)13(16)14-6-7-15/h3-5,15H,6-7H2,1-2H3,(H,14,16). The van der Waals surface area contributed by atoms with Gasteiger partial charge in [0.1, 0.15) is 5.58 Å². The number of aryl methyl sites for hydroxylation is 2. The number of aliphatic hydroxyl groups is 1. The maximum atomic E-state index is 11.8. The lowest BCUT2D eigenvalue weighted by Gasteiger charge is -2.00. The first-order valence-corrected chi connectivity index (χ1v) is 5.53. The van der Waals surface area contributed by atoms with Crippen LogP contribution < -0.4 is 5.32 Å². The van der Waals surface area contributed by atoms with Crippen LogP contribution in [-0.4, -0.2) is 24.2 Å². The molecule has 17 heavy (non-hydrogen) atoms. The summed E-state index contributed by atoms with van der Waals surface area (Å²) in [6.45, 7) is 3.96. The van der Waals surface area contributed by atoms with Crippen molar-refractivity contribution >= 4 is 16.9 Å². The minimum atomic E-state index is -0.285. The van der Waals surface area contributed by atoms with Gasteiger partial charge in [-0.3, -0.25) is 4.79 Å². The summed E-state index contributed by atoms with van der Waals surface area (Å²) >= 11 is 0. The van der Waals surface area contributed by atoms with Crippen LogP contribution >= 0.6 is 0 Å². The molecular formula is C13H15NO3. The fourth-order valence-electron chi connectivity index (χ4n) is 1.85. The predicted octanol–water partition coefficient (Wildman–Crippen LogP) is 1.77. The Bertz CT molecular complexity index is 557. The Labute approximate surface area is 99.2 Å². The number of aliphatic hydroxyl groups excluding tert-OH is 1. The van der Waals surface area contributed by atoms with E-state index in [-0.39, 0.29) is 19.1 Å². The van der Waals surface area contributed by atoms with Crippen LogP contribution in [0.2, 0.25) is 0 Å². The fourth-order valence-corrected chi connectivity index (χ4v) is 1.85. The first-order chi connectivity index (χ1) is 8.15. The summed E-state index contributed by atoms with van der Waals surface area (Å²) in [7, 11) is 0. The van der Waals surface area contributed by atoms with Gasteiger partial charge in [-0.15, -0.1) is 0 Å². The monoisotopic (exact) mass is 233 g/mol. The minimum Gasteiger partial charge on any atom is -0.450 e. The number of amides is 1. The molecule has 0 atom stereocenters. The number of benzene rings is 1. The summed E-state index contributed by atoms with van der Waals surface area (Å²) < 4.78 is 5.59. The van der Waals surface area contributed by atoms with E-state index in [4.69, 9.17) is 9.52 Å². The molecule has 2 N–H and O–H groups in total. The average Bonchev–Trinajstić information content (AvgIpc) is 2.66. The van der Waals surface area contributed by atoms with Gasteiger partial charge in [-0.25, -0.2) is 0 Å². The summed E-state index contributed by atoms with van der Waals surface area (Å²) in [4.78, 5) is 11.8. The Morgan fingerprint density at radius 3 is 2.82 bits per heavy atom. The molecule has 0 bridgehead atoms. The molecule has 2 rings (SSSR count). The van der Waals surface area contributed by atoms with Crippen LogP contribution in [0.3, 0.4) is 0 Å². The topological polar surface area (TPSA) is 62.5 Å². The molecule has 0 aliphatic heterocycles. The van der Waals surface area contributed by atoms with Crippen molar-refractivity contribution in [2.75, 3.05) is 13.2 Å². The van der Waals surface area contributed by atoms with Crippen LogP contribution in [0.4, 0.5) is 0 Å². The molecule has 1 heterocycles. The second-order valence-corrected chi connectivity index (χ2v) is 3.99. The van der Waals surface area contributed by atoms with Crippen LogP contribution in [0.5, 0.6) is 0 Å². The van der Waals surface area contributed by atoms with Crippen LogP contribution in [0.1, 0.15) is 21.7 Å². The number of carbonyl (C=O) groups is 1. The summed E-state index contributed by atoms with van der Waals surface area (Å²) in [6.07, 6.45) is 0. The number of carbonyl (C=O) groups excluding carboxylic acids is 1. The van der Waals surface area contributed by atoms with Gasteiger partial charge in [0.2, 0.25) is 0 Å². The molecule has 1 aromatic heterocycles. The highest BCUT2D eigenvalue weighted by atomic mass is 16.3. The van der Waals surface area contributed by atoms with Crippen molar-refractivity contribution in [3.8, 4) is 0 Å². The molecule has 0 saturated carbocycles. The molecular weight excluding hydrogens is 218 g/mol. The molecule has 0 saturated heterocycles. The third kappa shape index (κ3) is 2.03. The van der Waals surface area contributed by atoms with Crippen molar-refractivity contribution in [2.24, 2.45) is 0 Å². The third-order valence-electron chi connectivity index (χ3n) is 2.76. The third-order valence-corrected chi connectivity index (χ3v) is 2.76. The van der Waals surface area contributed by atoms with E-state index < -0.39 is 0 Å². The molecule has 0 spiro atoms. The fraction of sp³-hybridized carbons (Fsp3) is 0.308. The highest BCUT2D eigenvalue weighted by Crippen LogP contribution is 2.27. The van der Waals surface area contributed by atoms with Crippen molar-refractivity contribution in [3.63, 3.8) is 0 Å². The predicted molar refractivity (Wildman–Crippen MR) is 65.1 cm³/mol. The number of hydrogen-bond acceptors (Lipinski definition) is 3. The van der Waals surface area contributed by atoms with Crippen LogP contribution in [0, 0.1) is 13.8 Å². The molecule has 0 aliphatic carbocycles. The van der Waals surface area contributed by atoms with Crippen molar-refractivity contribution in [2.45, 2.75) is 13.8 Å². The van der Waals surface area contributed by atoms with E-state index >= 15 is 0 Å². The van der Waals surface area contributed by atoms with E-state index in [0.717, 1.165) is 22.1 Å². The number of hydrogen-bond donors (Lipinski definition) is 2. The van der Waals surface area contributed by atoms with Gasteiger partial charge >= 0.3 is 0 Å². The summed E-state index contributed by atoms with van der Waals surface area (Å²) in [5, 5.41) is 12.2. The van der Waals surface area contributed by atoms with E-state index in [1.165, 1.54) is 0 Å². The van der Waals surface area contributed by atoms with Gasteiger partial charge in [-0.05, 0) is 19.4 Å². The summed E-state index contributed by atoms with van der Waals surface area (Å²) in [6, 6.07) is 5.82. The molecule has 2 aromatic rings.